The molecule has 0 spiro atoms. The Balaban J connectivity index is 2.03. The first kappa shape index (κ1) is 13.5. The standard InChI is InChI=1S/C16H19FN2/c1-11-7-8-16(13(3)18-11)19-12(2)9-14-5-4-6-15(17)10-14/h4-8,10,12,19H,9H2,1-3H3. The highest BCUT2D eigenvalue weighted by Gasteiger charge is 2.07. The maximum absolute atomic E-state index is 13.1. The van der Waals surface area contributed by atoms with Gasteiger partial charge in [-0.1, -0.05) is 12.1 Å². The Morgan fingerprint density at radius 3 is 2.68 bits per heavy atom. The van der Waals surface area contributed by atoms with E-state index in [4.69, 9.17) is 0 Å². The number of halogens is 1. The van der Waals surface area contributed by atoms with Crippen molar-refractivity contribution in [1.29, 1.82) is 0 Å². The van der Waals surface area contributed by atoms with E-state index in [9.17, 15) is 4.39 Å². The summed E-state index contributed by atoms with van der Waals surface area (Å²) in [5, 5.41) is 3.42. The van der Waals surface area contributed by atoms with Crippen LogP contribution in [0.4, 0.5) is 10.1 Å². The van der Waals surface area contributed by atoms with Crippen molar-refractivity contribution in [3.05, 3.63) is 59.2 Å². The first-order chi connectivity index (χ1) is 9.04. The molecule has 0 fully saturated rings. The van der Waals surface area contributed by atoms with E-state index in [1.54, 1.807) is 12.1 Å². The topological polar surface area (TPSA) is 24.9 Å². The summed E-state index contributed by atoms with van der Waals surface area (Å²) in [6, 6.07) is 11.0. The molecule has 0 aliphatic carbocycles. The Labute approximate surface area is 113 Å². The molecule has 2 nitrogen and oxygen atoms in total. The number of nitrogens with zero attached hydrogens (tertiary/aromatic N) is 1. The van der Waals surface area contributed by atoms with Gasteiger partial charge in [0.1, 0.15) is 5.82 Å². The molecule has 0 saturated carbocycles. The van der Waals surface area contributed by atoms with E-state index in [0.717, 1.165) is 29.1 Å². The molecule has 1 heterocycles. The number of aromatic nitrogens is 1. The lowest BCUT2D eigenvalue weighted by Gasteiger charge is -2.17. The van der Waals surface area contributed by atoms with Gasteiger partial charge in [-0.25, -0.2) is 4.39 Å². The zero-order chi connectivity index (χ0) is 13.8. The molecule has 1 unspecified atom stereocenters. The van der Waals surface area contributed by atoms with E-state index in [0.29, 0.717) is 0 Å². The number of anilines is 1. The molecule has 0 radical (unpaired) electrons. The van der Waals surface area contributed by atoms with Crippen LogP contribution in [0.15, 0.2) is 36.4 Å². The van der Waals surface area contributed by atoms with Crippen LogP contribution < -0.4 is 5.32 Å². The van der Waals surface area contributed by atoms with E-state index < -0.39 is 0 Å². The van der Waals surface area contributed by atoms with E-state index >= 15 is 0 Å². The summed E-state index contributed by atoms with van der Waals surface area (Å²) >= 11 is 0. The van der Waals surface area contributed by atoms with Gasteiger partial charge in [0.05, 0.1) is 11.4 Å². The summed E-state index contributed by atoms with van der Waals surface area (Å²) in [6.07, 6.45) is 0.783. The number of hydrogen-bond donors (Lipinski definition) is 1. The second kappa shape index (κ2) is 5.83. The lowest BCUT2D eigenvalue weighted by Crippen LogP contribution is -2.19. The van der Waals surface area contributed by atoms with Crippen molar-refractivity contribution < 1.29 is 4.39 Å². The molecular weight excluding hydrogens is 239 g/mol. The zero-order valence-corrected chi connectivity index (χ0v) is 11.6. The predicted molar refractivity (Wildman–Crippen MR) is 76.9 cm³/mol. The van der Waals surface area contributed by atoms with Gasteiger partial charge in [-0.2, -0.15) is 0 Å². The van der Waals surface area contributed by atoms with Crippen molar-refractivity contribution in [3.8, 4) is 0 Å². The van der Waals surface area contributed by atoms with E-state index in [1.807, 2.05) is 32.0 Å². The SMILES string of the molecule is Cc1ccc(NC(C)Cc2cccc(F)c2)c(C)n1. The van der Waals surface area contributed by atoms with Crippen LogP contribution >= 0.6 is 0 Å². The highest BCUT2D eigenvalue weighted by Crippen LogP contribution is 2.15. The minimum atomic E-state index is -0.183. The molecule has 1 aromatic heterocycles. The molecule has 0 bridgehead atoms. The monoisotopic (exact) mass is 258 g/mol. The minimum absolute atomic E-state index is 0.183. The highest BCUT2D eigenvalue weighted by atomic mass is 19.1. The van der Waals surface area contributed by atoms with Crippen LogP contribution in [0, 0.1) is 19.7 Å². The van der Waals surface area contributed by atoms with Gasteiger partial charge in [0, 0.05) is 11.7 Å². The van der Waals surface area contributed by atoms with E-state index in [1.165, 1.54) is 6.07 Å². The van der Waals surface area contributed by atoms with Gasteiger partial charge in [0.2, 0.25) is 0 Å². The van der Waals surface area contributed by atoms with Gasteiger partial charge in [-0.3, -0.25) is 4.98 Å². The largest absolute Gasteiger partial charge is 0.381 e. The summed E-state index contributed by atoms with van der Waals surface area (Å²) in [7, 11) is 0. The van der Waals surface area contributed by atoms with Crippen molar-refractivity contribution in [1.82, 2.24) is 4.98 Å². The average molecular weight is 258 g/mol. The molecular formula is C16H19FN2. The second-order valence-electron chi connectivity index (χ2n) is 4.97. The Morgan fingerprint density at radius 2 is 2.00 bits per heavy atom. The van der Waals surface area contributed by atoms with Gasteiger partial charge in [-0.05, 0) is 57.0 Å². The average Bonchev–Trinajstić information content (AvgIpc) is 2.33. The summed E-state index contributed by atoms with van der Waals surface area (Å²) in [4.78, 5) is 4.43. The van der Waals surface area contributed by atoms with Crippen LogP contribution in [0.3, 0.4) is 0 Å². The molecule has 19 heavy (non-hydrogen) atoms. The van der Waals surface area contributed by atoms with Gasteiger partial charge in [0.15, 0.2) is 0 Å². The van der Waals surface area contributed by atoms with Gasteiger partial charge >= 0.3 is 0 Å². The molecule has 1 N–H and O–H groups in total. The first-order valence-corrected chi connectivity index (χ1v) is 6.50. The normalized spacial score (nSPS) is 12.2. The quantitative estimate of drug-likeness (QED) is 0.900. The fourth-order valence-corrected chi connectivity index (χ4v) is 2.17. The van der Waals surface area contributed by atoms with Crippen LogP contribution in [-0.2, 0) is 6.42 Å². The maximum Gasteiger partial charge on any atom is 0.123 e. The number of rotatable bonds is 4. The molecule has 2 rings (SSSR count). The molecule has 1 aromatic carbocycles. The molecule has 0 aliphatic rings. The molecule has 100 valence electrons. The highest BCUT2D eigenvalue weighted by molar-refractivity contribution is 5.48. The van der Waals surface area contributed by atoms with Gasteiger partial charge in [-0.15, -0.1) is 0 Å². The van der Waals surface area contributed by atoms with Crippen LogP contribution in [-0.4, -0.2) is 11.0 Å². The predicted octanol–water partition coefficient (Wildman–Crippen LogP) is 3.88. The van der Waals surface area contributed by atoms with Crippen molar-refractivity contribution in [3.63, 3.8) is 0 Å². The van der Waals surface area contributed by atoms with Crippen LogP contribution in [0.25, 0.3) is 0 Å². The van der Waals surface area contributed by atoms with Crippen molar-refractivity contribution in [2.75, 3.05) is 5.32 Å². The van der Waals surface area contributed by atoms with Crippen LogP contribution in [0.2, 0.25) is 0 Å². The van der Waals surface area contributed by atoms with Gasteiger partial charge < -0.3 is 5.32 Å². The van der Waals surface area contributed by atoms with E-state index in [2.05, 4.69) is 17.2 Å². The molecule has 0 saturated heterocycles. The van der Waals surface area contributed by atoms with E-state index in [-0.39, 0.29) is 11.9 Å². The summed E-state index contributed by atoms with van der Waals surface area (Å²) in [5.74, 6) is -0.183. The maximum atomic E-state index is 13.1. The third-order valence-electron chi connectivity index (χ3n) is 3.06. The second-order valence-corrected chi connectivity index (χ2v) is 4.97. The Bertz CT molecular complexity index is 566. The lowest BCUT2D eigenvalue weighted by molar-refractivity contribution is 0.624. The third-order valence-corrected chi connectivity index (χ3v) is 3.06. The van der Waals surface area contributed by atoms with Crippen molar-refractivity contribution in [2.24, 2.45) is 0 Å². The summed E-state index contributed by atoms with van der Waals surface area (Å²) in [5.41, 5.74) is 4.04. The number of hydrogen-bond acceptors (Lipinski definition) is 2. The molecule has 0 amide bonds. The third kappa shape index (κ3) is 3.78. The summed E-state index contributed by atoms with van der Waals surface area (Å²) in [6.45, 7) is 6.06. The molecule has 2 aromatic rings. The zero-order valence-electron chi connectivity index (χ0n) is 11.6. The lowest BCUT2D eigenvalue weighted by atomic mass is 10.1. The molecule has 3 heteroatoms. The fourth-order valence-electron chi connectivity index (χ4n) is 2.17. The Hall–Kier alpha value is -1.90. The number of benzene rings is 1. The summed E-state index contributed by atoms with van der Waals surface area (Å²) < 4.78 is 13.1. The molecule has 1 atom stereocenters. The smallest absolute Gasteiger partial charge is 0.123 e. The van der Waals surface area contributed by atoms with Gasteiger partial charge in [0.25, 0.3) is 0 Å². The molecule has 0 aliphatic heterocycles. The van der Waals surface area contributed by atoms with Crippen molar-refractivity contribution >= 4 is 5.69 Å². The number of nitrogens with one attached hydrogen (secondary N) is 1. The van der Waals surface area contributed by atoms with Crippen molar-refractivity contribution in [2.45, 2.75) is 33.2 Å². The number of aryl methyl sites for hydroxylation is 2. The number of pyridine rings is 1. The minimum Gasteiger partial charge on any atom is -0.381 e. The Morgan fingerprint density at radius 1 is 1.21 bits per heavy atom. The Kier molecular flexibility index (Phi) is 4.15. The fraction of sp³-hybridized carbons (Fsp3) is 0.312. The first-order valence-electron chi connectivity index (χ1n) is 6.50. The van der Waals surface area contributed by atoms with Crippen LogP contribution in [0.1, 0.15) is 23.9 Å². The van der Waals surface area contributed by atoms with Crippen LogP contribution in [0.5, 0.6) is 0 Å².